The Bertz CT molecular complexity index is 1110. The van der Waals surface area contributed by atoms with Crippen LogP contribution in [-0.4, -0.2) is 68.3 Å². The fourth-order valence-electron chi connectivity index (χ4n) is 4.77. The minimum Gasteiger partial charge on any atom is -0.393 e. The Balaban J connectivity index is 1.63. The minimum absolute atomic E-state index is 0.0174. The molecule has 0 radical (unpaired) electrons. The second-order valence-corrected chi connectivity index (χ2v) is 8.78. The van der Waals surface area contributed by atoms with Crippen molar-refractivity contribution in [2.45, 2.75) is 32.2 Å². The van der Waals surface area contributed by atoms with Gasteiger partial charge in [-0.3, -0.25) is 15.6 Å². The molecule has 0 saturated carbocycles. The first-order chi connectivity index (χ1) is 16.4. The highest BCUT2D eigenvalue weighted by Gasteiger charge is 2.31. The topological polar surface area (TPSA) is 128 Å². The maximum absolute atomic E-state index is 12.1. The molecule has 1 aromatic carbocycles. The number of carbonyl (C=O) groups excluding carboxylic acids is 1. The lowest BCUT2D eigenvalue weighted by Gasteiger charge is -2.34. The molecule has 1 aromatic rings. The van der Waals surface area contributed by atoms with E-state index in [1.807, 2.05) is 29.2 Å². The average molecular weight is 462 g/mol. The molecule has 1 atom stereocenters. The maximum Gasteiger partial charge on any atom is 0.219 e. The maximum atomic E-state index is 12.1. The molecule has 1 amide bonds. The summed E-state index contributed by atoms with van der Waals surface area (Å²) in [4.78, 5) is 15.9. The first-order valence-corrected chi connectivity index (χ1v) is 11.6. The Morgan fingerprint density at radius 1 is 1.29 bits per heavy atom. The van der Waals surface area contributed by atoms with Crippen LogP contribution in [0.3, 0.4) is 0 Å². The first-order valence-electron chi connectivity index (χ1n) is 11.6. The predicted octanol–water partition coefficient (Wildman–Crippen LogP) is 2.01. The number of rotatable bonds is 6. The average Bonchev–Trinajstić information content (AvgIpc) is 3.51. The van der Waals surface area contributed by atoms with Crippen LogP contribution in [0.5, 0.6) is 0 Å². The normalized spacial score (nSPS) is 20.1. The molecule has 178 valence electrons. The van der Waals surface area contributed by atoms with Crippen LogP contribution in [-0.2, 0) is 16.0 Å². The Labute approximate surface area is 200 Å². The monoisotopic (exact) mass is 461 g/mol. The summed E-state index contributed by atoms with van der Waals surface area (Å²) in [7, 11) is 1.74. The van der Waals surface area contributed by atoms with Gasteiger partial charge in [-0.2, -0.15) is 5.26 Å². The summed E-state index contributed by atoms with van der Waals surface area (Å²) in [6, 6.07) is 8.01. The number of nitrogens with zero attached hydrogens (tertiary/aromatic N) is 3. The van der Waals surface area contributed by atoms with Crippen molar-refractivity contribution in [3.8, 4) is 6.07 Å². The molecule has 9 nitrogen and oxygen atoms in total. The number of ether oxygens (including phenoxy) is 1. The van der Waals surface area contributed by atoms with Crippen LogP contribution in [0.15, 0.2) is 35.7 Å². The van der Waals surface area contributed by atoms with E-state index in [1.54, 1.807) is 25.1 Å². The zero-order valence-corrected chi connectivity index (χ0v) is 19.7. The Morgan fingerprint density at radius 3 is 2.79 bits per heavy atom. The molecule has 0 aliphatic carbocycles. The molecule has 3 heterocycles. The predicted molar refractivity (Wildman–Crippen MR) is 132 cm³/mol. The molecule has 1 fully saturated rings. The van der Waals surface area contributed by atoms with Crippen molar-refractivity contribution in [2.75, 3.05) is 44.8 Å². The van der Waals surface area contributed by atoms with E-state index in [0.717, 1.165) is 47.5 Å². The van der Waals surface area contributed by atoms with E-state index < -0.39 is 0 Å². The number of carbonyl (C=O) groups is 1. The molecule has 0 aromatic heterocycles. The highest BCUT2D eigenvalue weighted by Crippen LogP contribution is 2.33. The number of nitrogens with one attached hydrogen (secondary N) is 4. The molecular formula is C25H31N7O2. The van der Waals surface area contributed by atoms with Crippen LogP contribution in [0.25, 0.3) is 5.57 Å². The van der Waals surface area contributed by atoms with Crippen LogP contribution in [0.2, 0.25) is 0 Å². The number of hydrogen-bond donors (Lipinski definition) is 4. The summed E-state index contributed by atoms with van der Waals surface area (Å²) >= 11 is 0. The van der Waals surface area contributed by atoms with Crippen molar-refractivity contribution in [3.05, 3.63) is 46.8 Å². The molecule has 4 N–H and O–H groups in total. The summed E-state index contributed by atoms with van der Waals surface area (Å²) in [6.07, 6.45) is 4.06. The van der Waals surface area contributed by atoms with Gasteiger partial charge >= 0.3 is 0 Å². The van der Waals surface area contributed by atoms with E-state index in [0.29, 0.717) is 44.1 Å². The number of fused-ring (bicyclic) bond motifs is 1. The van der Waals surface area contributed by atoms with Gasteiger partial charge in [-0.05, 0) is 36.1 Å². The van der Waals surface area contributed by atoms with Gasteiger partial charge in [-0.1, -0.05) is 6.07 Å². The third-order valence-corrected chi connectivity index (χ3v) is 6.61. The van der Waals surface area contributed by atoms with Gasteiger partial charge < -0.3 is 25.2 Å². The van der Waals surface area contributed by atoms with Crippen molar-refractivity contribution in [1.29, 1.82) is 16.1 Å². The van der Waals surface area contributed by atoms with Gasteiger partial charge in [0.2, 0.25) is 5.91 Å². The highest BCUT2D eigenvalue weighted by molar-refractivity contribution is 6.29. The van der Waals surface area contributed by atoms with E-state index in [9.17, 15) is 10.1 Å². The summed E-state index contributed by atoms with van der Waals surface area (Å²) in [5, 5.41) is 32.8. The lowest BCUT2D eigenvalue weighted by molar-refractivity contribution is -0.128. The zero-order valence-electron chi connectivity index (χ0n) is 19.7. The number of hydrogen-bond acceptors (Lipinski definition) is 7. The Morgan fingerprint density at radius 2 is 2.12 bits per heavy atom. The molecule has 3 aliphatic rings. The van der Waals surface area contributed by atoms with Crippen LogP contribution < -0.4 is 15.5 Å². The molecule has 0 bridgehead atoms. The lowest BCUT2D eigenvalue weighted by Crippen LogP contribution is -2.44. The zero-order chi connectivity index (χ0) is 24.2. The molecule has 3 aliphatic heterocycles. The molecular weight excluding hydrogens is 430 g/mol. The minimum atomic E-state index is -0.0970. The third-order valence-electron chi connectivity index (χ3n) is 6.61. The summed E-state index contributed by atoms with van der Waals surface area (Å²) in [5.41, 5.74) is 5.16. The largest absolute Gasteiger partial charge is 0.393 e. The number of amidine groups is 1. The van der Waals surface area contributed by atoms with E-state index in [2.05, 4.69) is 10.6 Å². The van der Waals surface area contributed by atoms with Crippen LogP contribution in [0.1, 0.15) is 30.9 Å². The number of anilines is 1. The SMILES string of the molecule is CN/C=C(\C(=N)C#N)c1ccc2c(c1)CCN2C(=N)C1=C(NC2CCOC2)CCN(C(C)=O)C1. The second kappa shape index (κ2) is 10.1. The highest BCUT2D eigenvalue weighted by atomic mass is 16.5. The van der Waals surface area contributed by atoms with Crippen LogP contribution in [0.4, 0.5) is 5.69 Å². The lowest BCUT2D eigenvalue weighted by atomic mass is 9.99. The fourth-order valence-corrected chi connectivity index (χ4v) is 4.77. The molecule has 0 spiro atoms. The fraction of sp³-hybridized carbons (Fsp3) is 0.440. The summed E-state index contributed by atoms with van der Waals surface area (Å²) < 4.78 is 5.51. The third kappa shape index (κ3) is 4.68. The van der Waals surface area contributed by atoms with E-state index in [4.69, 9.17) is 15.6 Å². The van der Waals surface area contributed by atoms with Crippen LogP contribution >= 0.6 is 0 Å². The van der Waals surface area contributed by atoms with Gasteiger partial charge in [-0.25, -0.2) is 0 Å². The molecule has 34 heavy (non-hydrogen) atoms. The van der Waals surface area contributed by atoms with Crippen molar-refractivity contribution >= 4 is 28.7 Å². The van der Waals surface area contributed by atoms with Crippen molar-refractivity contribution < 1.29 is 9.53 Å². The smallest absolute Gasteiger partial charge is 0.219 e. The Hall–Kier alpha value is -3.64. The van der Waals surface area contributed by atoms with E-state index >= 15 is 0 Å². The second-order valence-electron chi connectivity index (χ2n) is 8.78. The van der Waals surface area contributed by atoms with Gasteiger partial charge in [0, 0.05) is 68.8 Å². The molecule has 4 rings (SSSR count). The van der Waals surface area contributed by atoms with Crippen molar-refractivity contribution in [1.82, 2.24) is 15.5 Å². The quantitative estimate of drug-likeness (QED) is 0.379. The van der Waals surface area contributed by atoms with Crippen LogP contribution in [0, 0.1) is 22.1 Å². The van der Waals surface area contributed by atoms with E-state index in [1.165, 1.54) is 0 Å². The van der Waals surface area contributed by atoms with Gasteiger partial charge in [0.25, 0.3) is 0 Å². The van der Waals surface area contributed by atoms with Crippen molar-refractivity contribution in [2.24, 2.45) is 0 Å². The number of amides is 1. The standard InChI is InChI=1S/C25H31N7O2/c1-16(33)31-8-6-23(30-19-7-10-34-15-19)21(14-31)25(28)32-9-5-18-11-17(3-4-24(18)32)20(13-29-2)22(27)12-26/h3-4,11,13,19,27-30H,5-10,14-15H2,1-2H3/b20-13-,27-22?,28-25?. The van der Waals surface area contributed by atoms with Gasteiger partial charge in [0.15, 0.2) is 0 Å². The molecule has 1 unspecified atom stereocenters. The summed E-state index contributed by atoms with van der Waals surface area (Å²) in [5.74, 6) is 0.429. The summed E-state index contributed by atoms with van der Waals surface area (Å²) in [6.45, 7) is 4.71. The number of benzene rings is 1. The van der Waals surface area contributed by atoms with Gasteiger partial charge in [-0.15, -0.1) is 0 Å². The van der Waals surface area contributed by atoms with Crippen molar-refractivity contribution in [3.63, 3.8) is 0 Å². The van der Waals surface area contributed by atoms with Gasteiger partial charge in [0.05, 0.1) is 19.2 Å². The van der Waals surface area contributed by atoms with E-state index in [-0.39, 0.29) is 17.7 Å². The first kappa shape index (κ1) is 23.5. The van der Waals surface area contributed by atoms with Gasteiger partial charge in [0.1, 0.15) is 17.6 Å². The molecule has 9 heteroatoms. The number of allylic oxidation sites excluding steroid dienone is 1. The number of nitriles is 1. The molecule has 1 saturated heterocycles. The Kier molecular flexibility index (Phi) is 6.98.